The SMILES string of the molecule is COc1ccc([C@H]2c3sc(=O)[nH]c3S[C@H](C(=O)O)[C@@H]2C(=O)c2ccc(F)cc2)cc1. The van der Waals surface area contributed by atoms with Crippen LogP contribution >= 0.6 is 23.1 Å². The van der Waals surface area contributed by atoms with Crippen molar-refractivity contribution in [2.24, 2.45) is 5.92 Å². The van der Waals surface area contributed by atoms with E-state index in [9.17, 15) is 23.9 Å². The van der Waals surface area contributed by atoms with Crippen molar-refractivity contribution < 1.29 is 23.8 Å². The van der Waals surface area contributed by atoms with Gasteiger partial charge >= 0.3 is 10.8 Å². The minimum atomic E-state index is -1.16. The Morgan fingerprint density at radius 1 is 1.10 bits per heavy atom. The number of ether oxygens (including phenoxy) is 1. The molecule has 1 aliphatic rings. The molecule has 2 N–H and O–H groups in total. The fourth-order valence-electron chi connectivity index (χ4n) is 3.63. The molecule has 0 unspecified atom stereocenters. The number of fused-ring (bicyclic) bond motifs is 1. The third-order valence-electron chi connectivity index (χ3n) is 5.00. The second-order valence-electron chi connectivity index (χ2n) is 6.73. The number of aliphatic carboxylic acids is 1. The van der Waals surface area contributed by atoms with Crippen LogP contribution < -0.4 is 9.61 Å². The number of halogens is 1. The Labute approximate surface area is 178 Å². The number of benzene rings is 2. The molecule has 1 aliphatic heterocycles. The molecule has 0 saturated carbocycles. The summed E-state index contributed by atoms with van der Waals surface area (Å²) in [5.41, 5.74) is 0.914. The zero-order chi connectivity index (χ0) is 21.4. The summed E-state index contributed by atoms with van der Waals surface area (Å²) >= 11 is 1.93. The van der Waals surface area contributed by atoms with Crippen molar-refractivity contribution in [2.75, 3.05) is 7.11 Å². The Morgan fingerprint density at radius 3 is 2.37 bits per heavy atom. The van der Waals surface area contributed by atoms with Gasteiger partial charge in [-0.1, -0.05) is 35.2 Å². The van der Waals surface area contributed by atoms with Gasteiger partial charge in [-0.15, -0.1) is 0 Å². The van der Waals surface area contributed by atoms with Gasteiger partial charge in [0.15, 0.2) is 5.78 Å². The molecule has 0 amide bonds. The molecule has 0 radical (unpaired) electrons. The number of methoxy groups -OCH3 is 1. The molecule has 9 heteroatoms. The summed E-state index contributed by atoms with van der Waals surface area (Å²) in [6, 6.07) is 12.0. The van der Waals surface area contributed by atoms with Crippen LogP contribution in [0, 0.1) is 11.7 Å². The van der Waals surface area contributed by atoms with Gasteiger partial charge in [0.1, 0.15) is 16.8 Å². The second-order valence-corrected chi connectivity index (χ2v) is 8.90. The van der Waals surface area contributed by atoms with Gasteiger partial charge in [-0.3, -0.25) is 14.4 Å². The number of carbonyl (C=O) groups is 2. The number of thioether (sulfide) groups is 1. The number of thiazole rings is 1. The number of hydrogen-bond acceptors (Lipinski definition) is 6. The van der Waals surface area contributed by atoms with Crippen LogP contribution in [0.3, 0.4) is 0 Å². The van der Waals surface area contributed by atoms with Crippen molar-refractivity contribution in [1.29, 1.82) is 0 Å². The summed E-state index contributed by atoms with van der Waals surface area (Å²) in [5, 5.41) is 9.23. The molecule has 30 heavy (non-hydrogen) atoms. The highest BCUT2D eigenvalue weighted by Crippen LogP contribution is 2.50. The summed E-state index contributed by atoms with van der Waals surface area (Å²) in [6.45, 7) is 0. The molecule has 1 aromatic heterocycles. The number of ketones is 1. The average Bonchev–Trinajstić information content (AvgIpc) is 3.12. The van der Waals surface area contributed by atoms with Crippen LogP contribution in [0.15, 0.2) is 58.4 Å². The molecular weight excluding hydrogens is 429 g/mol. The van der Waals surface area contributed by atoms with Crippen LogP contribution in [-0.4, -0.2) is 34.2 Å². The number of rotatable bonds is 5. The Kier molecular flexibility index (Phi) is 5.48. The van der Waals surface area contributed by atoms with Gasteiger partial charge in [-0.05, 0) is 42.0 Å². The standard InChI is InChI=1S/C21H16FNO5S2/c1-28-13-8-4-10(5-9-13)14-15(16(24)11-2-6-12(22)7-3-11)18(20(25)26)29-19-17(14)30-21(27)23-19/h2-9,14-15,18H,1H3,(H,23,27)(H,25,26)/t14-,15+,18+/m1/s1. The normalized spacial score (nSPS) is 20.4. The van der Waals surface area contributed by atoms with Crippen LogP contribution in [0.4, 0.5) is 4.39 Å². The van der Waals surface area contributed by atoms with Crippen LogP contribution in [0.1, 0.15) is 26.7 Å². The predicted molar refractivity (Wildman–Crippen MR) is 111 cm³/mol. The lowest BCUT2D eigenvalue weighted by molar-refractivity contribution is -0.137. The van der Waals surface area contributed by atoms with Gasteiger partial charge in [0.2, 0.25) is 0 Å². The smallest absolute Gasteiger partial charge is 0.317 e. The number of carboxylic acid groups (broad SMARTS) is 1. The number of aromatic nitrogens is 1. The van der Waals surface area contributed by atoms with Crippen LogP contribution in [0.25, 0.3) is 0 Å². The molecule has 0 bridgehead atoms. The van der Waals surface area contributed by atoms with E-state index < -0.39 is 34.7 Å². The highest BCUT2D eigenvalue weighted by atomic mass is 32.2. The molecular formula is C21H16FNO5S2. The highest BCUT2D eigenvalue weighted by Gasteiger charge is 2.47. The van der Waals surface area contributed by atoms with E-state index in [1.807, 2.05) is 0 Å². The van der Waals surface area contributed by atoms with E-state index in [0.29, 0.717) is 21.2 Å². The lowest BCUT2D eigenvalue weighted by Gasteiger charge is -2.34. The Morgan fingerprint density at radius 2 is 1.77 bits per heavy atom. The van der Waals surface area contributed by atoms with Gasteiger partial charge in [-0.25, -0.2) is 4.39 Å². The second kappa shape index (κ2) is 8.08. The summed E-state index contributed by atoms with van der Waals surface area (Å²) in [7, 11) is 1.53. The maximum atomic E-state index is 13.4. The van der Waals surface area contributed by atoms with Gasteiger partial charge in [0, 0.05) is 16.4 Å². The highest BCUT2D eigenvalue weighted by molar-refractivity contribution is 8.00. The summed E-state index contributed by atoms with van der Waals surface area (Å²) in [6.07, 6.45) is 0. The molecule has 0 spiro atoms. The third-order valence-corrected chi connectivity index (χ3v) is 7.41. The Bertz CT molecular complexity index is 1150. The Balaban J connectivity index is 1.89. The van der Waals surface area contributed by atoms with Crippen molar-refractivity contribution in [1.82, 2.24) is 4.98 Å². The van der Waals surface area contributed by atoms with E-state index in [1.54, 1.807) is 24.3 Å². The molecule has 0 fully saturated rings. The number of Topliss-reactive ketones (excluding diaryl/α,β-unsaturated/α-hetero) is 1. The molecule has 0 aliphatic carbocycles. The van der Waals surface area contributed by atoms with Crippen molar-refractivity contribution in [3.8, 4) is 5.75 Å². The van der Waals surface area contributed by atoms with E-state index in [1.165, 1.54) is 31.4 Å². The van der Waals surface area contributed by atoms with Crippen molar-refractivity contribution in [2.45, 2.75) is 16.2 Å². The number of aromatic amines is 1. The van der Waals surface area contributed by atoms with E-state index in [2.05, 4.69) is 4.98 Å². The monoisotopic (exact) mass is 445 g/mol. The third kappa shape index (κ3) is 3.66. The van der Waals surface area contributed by atoms with E-state index >= 15 is 0 Å². The first-order valence-electron chi connectivity index (χ1n) is 8.95. The van der Waals surface area contributed by atoms with Crippen molar-refractivity contribution in [3.05, 3.63) is 80.0 Å². The minimum absolute atomic E-state index is 0.220. The Hall–Kier alpha value is -2.91. The molecule has 0 saturated heterocycles. The van der Waals surface area contributed by atoms with E-state index in [4.69, 9.17) is 4.74 Å². The molecule has 3 atom stereocenters. The fourth-order valence-corrected chi connectivity index (χ4v) is 6.04. The van der Waals surface area contributed by atoms with Crippen LogP contribution in [-0.2, 0) is 4.79 Å². The molecule has 2 aromatic carbocycles. The van der Waals surface area contributed by atoms with Crippen molar-refractivity contribution in [3.63, 3.8) is 0 Å². The molecule has 3 aromatic rings. The predicted octanol–water partition coefficient (Wildman–Crippen LogP) is 3.77. The van der Waals surface area contributed by atoms with Crippen LogP contribution in [0.5, 0.6) is 5.75 Å². The van der Waals surface area contributed by atoms with E-state index in [0.717, 1.165) is 23.1 Å². The number of H-pyrrole nitrogens is 1. The average molecular weight is 445 g/mol. The topological polar surface area (TPSA) is 96.5 Å². The summed E-state index contributed by atoms with van der Waals surface area (Å²) < 4.78 is 18.5. The molecule has 154 valence electrons. The molecule has 6 nitrogen and oxygen atoms in total. The maximum absolute atomic E-state index is 13.4. The van der Waals surface area contributed by atoms with Gasteiger partial charge in [0.05, 0.1) is 18.1 Å². The molecule has 4 rings (SSSR count). The maximum Gasteiger partial charge on any atom is 0.317 e. The summed E-state index contributed by atoms with van der Waals surface area (Å²) in [5.74, 6) is -3.07. The van der Waals surface area contributed by atoms with Crippen LogP contribution in [0.2, 0.25) is 0 Å². The number of nitrogens with one attached hydrogen (secondary N) is 1. The van der Waals surface area contributed by atoms with Gasteiger partial charge in [-0.2, -0.15) is 0 Å². The minimum Gasteiger partial charge on any atom is -0.497 e. The largest absolute Gasteiger partial charge is 0.497 e. The van der Waals surface area contributed by atoms with Gasteiger partial charge in [0.25, 0.3) is 0 Å². The number of hydrogen-bond donors (Lipinski definition) is 2. The number of carboxylic acids is 1. The lowest BCUT2D eigenvalue weighted by atomic mass is 9.78. The first-order valence-corrected chi connectivity index (χ1v) is 10.6. The first-order chi connectivity index (χ1) is 14.4. The van der Waals surface area contributed by atoms with E-state index in [-0.39, 0.29) is 10.4 Å². The first kappa shape index (κ1) is 20.4. The quantitative estimate of drug-likeness (QED) is 0.581. The number of carbonyl (C=O) groups excluding carboxylic acids is 1. The summed E-state index contributed by atoms with van der Waals surface area (Å²) in [4.78, 5) is 40.6. The van der Waals surface area contributed by atoms with Crippen molar-refractivity contribution >= 4 is 34.9 Å². The van der Waals surface area contributed by atoms with Gasteiger partial charge < -0.3 is 14.8 Å². The zero-order valence-electron chi connectivity index (χ0n) is 15.6. The molecule has 2 heterocycles. The fraction of sp³-hybridized carbons (Fsp3) is 0.190. The lowest BCUT2D eigenvalue weighted by Crippen LogP contribution is -2.39. The zero-order valence-corrected chi connectivity index (χ0v) is 17.3.